The molecule has 0 saturated carbocycles. The molecule has 0 unspecified atom stereocenters. The first-order chi connectivity index (χ1) is 15.0. The molecule has 32 heavy (non-hydrogen) atoms. The number of benzene rings is 2. The third-order valence-electron chi connectivity index (χ3n) is 4.22. The number of carbonyl (C=O) groups is 1. The van der Waals surface area contributed by atoms with E-state index >= 15 is 0 Å². The van der Waals surface area contributed by atoms with Crippen LogP contribution in [-0.4, -0.2) is 29.9 Å². The van der Waals surface area contributed by atoms with E-state index in [1.807, 2.05) is 0 Å². The van der Waals surface area contributed by atoms with E-state index in [0.717, 1.165) is 6.20 Å². The number of rotatable bonds is 7. The average Bonchev–Trinajstić information content (AvgIpc) is 3.15. The van der Waals surface area contributed by atoms with E-state index in [1.54, 1.807) is 6.92 Å². The van der Waals surface area contributed by atoms with E-state index in [9.17, 15) is 26.4 Å². The van der Waals surface area contributed by atoms with Crippen LogP contribution >= 0.6 is 11.6 Å². The average molecular weight is 487 g/mol. The standard InChI is InChI=1S/C20H18ClF3N4O3S/c1-2-10-32(30,31)27-15-8-6-14(7-9-15)26-19(29)17-12-25-28(18(17)20(22,23)24)16-5-3-4-13(21)11-16/h3-9,11-12,27H,2,10H2,1H3,(H,26,29). The monoisotopic (exact) mass is 486 g/mol. The van der Waals surface area contributed by atoms with Gasteiger partial charge in [-0.1, -0.05) is 24.6 Å². The van der Waals surface area contributed by atoms with Crippen molar-refractivity contribution in [3.8, 4) is 5.69 Å². The molecule has 2 aromatic carbocycles. The lowest BCUT2D eigenvalue weighted by molar-refractivity contribution is -0.143. The fraction of sp³-hybridized carbons (Fsp3) is 0.200. The van der Waals surface area contributed by atoms with Crippen LogP contribution in [0.5, 0.6) is 0 Å². The van der Waals surface area contributed by atoms with Crippen LogP contribution in [0.4, 0.5) is 24.5 Å². The molecule has 0 fully saturated rings. The van der Waals surface area contributed by atoms with E-state index in [1.165, 1.54) is 48.5 Å². The van der Waals surface area contributed by atoms with E-state index in [2.05, 4.69) is 15.1 Å². The van der Waals surface area contributed by atoms with Crippen molar-refractivity contribution in [1.82, 2.24) is 9.78 Å². The summed E-state index contributed by atoms with van der Waals surface area (Å²) >= 11 is 5.86. The van der Waals surface area contributed by atoms with Crippen molar-refractivity contribution < 1.29 is 26.4 Å². The fourth-order valence-corrected chi connectivity index (χ4v) is 4.23. The van der Waals surface area contributed by atoms with Gasteiger partial charge in [-0.05, 0) is 48.9 Å². The maximum absolute atomic E-state index is 13.8. The molecular formula is C20H18ClF3N4O3S. The molecule has 1 aromatic heterocycles. The summed E-state index contributed by atoms with van der Waals surface area (Å²) in [5.41, 5.74) is -1.43. The Morgan fingerprint density at radius 2 is 1.78 bits per heavy atom. The van der Waals surface area contributed by atoms with Gasteiger partial charge in [0.1, 0.15) is 0 Å². The summed E-state index contributed by atoms with van der Waals surface area (Å²) in [5, 5.41) is 6.31. The van der Waals surface area contributed by atoms with Crippen LogP contribution < -0.4 is 10.0 Å². The second-order valence-electron chi connectivity index (χ2n) is 6.75. The van der Waals surface area contributed by atoms with Crippen molar-refractivity contribution in [3.63, 3.8) is 0 Å². The van der Waals surface area contributed by atoms with Crippen LogP contribution in [0, 0.1) is 0 Å². The smallest absolute Gasteiger partial charge is 0.322 e. The van der Waals surface area contributed by atoms with Gasteiger partial charge in [-0.25, -0.2) is 13.1 Å². The van der Waals surface area contributed by atoms with Crippen LogP contribution in [0.25, 0.3) is 5.69 Å². The van der Waals surface area contributed by atoms with Gasteiger partial charge in [-0.2, -0.15) is 18.3 Å². The second-order valence-corrected chi connectivity index (χ2v) is 9.03. The van der Waals surface area contributed by atoms with Gasteiger partial charge in [-0.3, -0.25) is 9.52 Å². The van der Waals surface area contributed by atoms with Crippen molar-refractivity contribution in [2.45, 2.75) is 19.5 Å². The lowest BCUT2D eigenvalue weighted by atomic mass is 10.2. The van der Waals surface area contributed by atoms with Crippen LogP contribution in [0.1, 0.15) is 29.4 Å². The number of hydrogen-bond donors (Lipinski definition) is 2. The Labute approximate surface area is 187 Å². The van der Waals surface area contributed by atoms with Crippen molar-refractivity contribution in [2.24, 2.45) is 0 Å². The highest BCUT2D eigenvalue weighted by atomic mass is 35.5. The van der Waals surface area contributed by atoms with Crippen molar-refractivity contribution in [2.75, 3.05) is 15.8 Å². The minimum atomic E-state index is -4.87. The zero-order valence-corrected chi connectivity index (χ0v) is 18.2. The Hall–Kier alpha value is -3.05. The SMILES string of the molecule is CCCS(=O)(=O)Nc1ccc(NC(=O)c2cnn(-c3cccc(Cl)c3)c2C(F)(F)F)cc1. The van der Waals surface area contributed by atoms with Crippen LogP contribution in [0.2, 0.25) is 5.02 Å². The molecule has 12 heteroatoms. The Morgan fingerprint density at radius 3 is 2.38 bits per heavy atom. The number of halogens is 4. The van der Waals surface area contributed by atoms with Crippen molar-refractivity contribution in [1.29, 1.82) is 0 Å². The third kappa shape index (κ3) is 5.60. The van der Waals surface area contributed by atoms with Crippen LogP contribution in [0.3, 0.4) is 0 Å². The summed E-state index contributed by atoms with van der Waals surface area (Å²) in [4.78, 5) is 12.6. The molecule has 0 aliphatic heterocycles. The highest BCUT2D eigenvalue weighted by Gasteiger charge is 2.40. The summed E-state index contributed by atoms with van der Waals surface area (Å²) in [7, 11) is -3.50. The first-order valence-electron chi connectivity index (χ1n) is 9.33. The quantitative estimate of drug-likeness (QED) is 0.494. The van der Waals surface area contributed by atoms with Crippen LogP contribution in [-0.2, 0) is 16.2 Å². The summed E-state index contributed by atoms with van der Waals surface area (Å²) in [5.74, 6) is -1.08. The molecule has 2 N–H and O–H groups in total. The molecule has 0 saturated heterocycles. The highest BCUT2D eigenvalue weighted by Crippen LogP contribution is 2.34. The first-order valence-corrected chi connectivity index (χ1v) is 11.4. The number of carbonyl (C=O) groups excluding carboxylic acids is 1. The number of amides is 1. The lowest BCUT2D eigenvalue weighted by Gasteiger charge is -2.13. The van der Waals surface area contributed by atoms with Gasteiger partial charge >= 0.3 is 6.18 Å². The Bertz CT molecular complexity index is 1230. The zero-order valence-electron chi connectivity index (χ0n) is 16.6. The van der Waals surface area contributed by atoms with E-state index < -0.39 is 33.4 Å². The Morgan fingerprint density at radius 1 is 1.12 bits per heavy atom. The van der Waals surface area contributed by atoms with Gasteiger partial charge in [0, 0.05) is 16.4 Å². The molecule has 1 amide bonds. The topological polar surface area (TPSA) is 93.1 Å². The number of alkyl halides is 3. The number of hydrogen-bond acceptors (Lipinski definition) is 4. The molecule has 0 spiro atoms. The molecule has 0 aliphatic rings. The largest absolute Gasteiger partial charge is 0.434 e. The first kappa shape index (κ1) is 23.6. The molecule has 3 rings (SSSR count). The fourth-order valence-electron chi connectivity index (χ4n) is 2.91. The Kier molecular flexibility index (Phi) is 6.79. The van der Waals surface area contributed by atoms with Crippen molar-refractivity contribution in [3.05, 3.63) is 71.0 Å². The summed E-state index contributed by atoms with van der Waals surface area (Å²) in [6, 6.07) is 11.2. The predicted octanol–water partition coefficient (Wildman–Crippen LogP) is 4.95. The lowest BCUT2D eigenvalue weighted by Crippen LogP contribution is -2.20. The maximum Gasteiger partial charge on any atom is 0.434 e. The third-order valence-corrected chi connectivity index (χ3v) is 5.95. The van der Waals surface area contributed by atoms with Gasteiger partial charge < -0.3 is 5.32 Å². The molecule has 170 valence electrons. The maximum atomic E-state index is 13.8. The van der Waals surface area contributed by atoms with Gasteiger partial charge in [-0.15, -0.1) is 0 Å². The summed E-state index contributed by atoms with van der Waals surface area (Å²) < 4.78 is 67.9. The molecule has 0 bridgehead atoms. The molecular weight excluding hydrogens is 469 g/mol. The zero-order chi connectivity index (χ0) is 23.5. The molecule has 0 atom stereocenters. The molecule has 0 radical (unpaired) electrons. The molecule has 3 aromatic rings. The highest BCUT2D eigenvalue weighted by molar-refractivity contribution is 7.92. The van der Waals surface area contributed by atoms with Gasteiger partial charge in [0.2, 0.25) is 10.0 Å². The van der Waals surface area contributed by atoms with E-state index in [-0.39, 0.29) is 27.8 Å². The number of anilines is 2. The number of sulfonamides is 1. The summed E-state index contributed by atoms with van der Waals surface area (Å²) in [6.07, 6.45) is -3.60. The van der Waals surface area contributed by atoms with E-state index in [0.29, 0.717) is 11.1 Å². The normalized spacial score (nSPS) is 11.9. The minimum Gasteiger partial charge on any atom is -0.322 e. The van der Waals surface area contributed by atoms with Crippen LogP contribution in [0.15, 0.2) is 54.7 Å². The van der Waals surface area contributed by atoms with Gasteiger partial charge in [0.05, 0.1) is 23.2 Å². The van der Waals surface area contributed by atoms with Crippen molar-refractivity contribution >= 4 is 38.9 Å². The second kappa shape index (κ2) is 9.21. The van der Waals surface area contributed by atoms with E-state index in [4.69, 9.17) is 11.6 Å². The summed E-state index contributed by atoms with van der Waals surface area (Å²) in [6.45, 7) is 1.72. The molecule has 7 nitrogen and oxygen atoms in total. The van der Waals surface area contributed by atoms with Gasteiger partial charge in [0.25, 0.3) is 5.91 Å². The molecule has 1 heterocycles. The molecule has 0 aliphatic carbocycles. The number of nitrogens with one attached hydrogen (secondary N) is 2. The number of nitrogens with zero attached hydrogens (tertiary/aromatic N) is 2. The predicted molar refractivity (Wildman–Crippen MR) is 116 cm³/mol. The Balaban J connectivity index is 1.85. The number of aromatic nitrogens is 2. The minimum absolute atomic E-state index is 0.0487. The van der Waals surface area contributed by atoms with Gasteiger partial charge in [0.15, 0.2) is 5.69 Å².